The van der Waals surface area contributed by atoms with Gasteiger partial charge in [0.15, 0.2) is 0 Å². The monoisotopic (exact) mass is 436 g/mol. The number of nitriles is 1. The number of piperidine rings is 1. The van der Waals surface area contributed by atoms with Crippen LogP contribution in [-0.4, -0.2) is 54.4 Å². The molecule has 0 bridgehead atoms. The quantitative estimate of drug-likeness (QED) is 0.582. The lowest BCUT2D eigenvalue weighted by Gasteiger charge is -2.39. The normalized spacial score (nSPS) is 24.2. The first-order valence-corrected chi connectivity index (χ1v) is 11.3. The molecule has 0 radical (unpaired) electrons. The third kappa shape index (κ3) is 7.13. The van der Waals surface area contributed by atoms with Crippen molar-refractivity contribution in [1.29, 1.82) is 5.26 Å². The van der Waals surface area contributed by atoms with E-state index in [1.807, 2.05) is 10.8 Å². The maximum Gasteiger partial charge on any atom is 0.322 e. The summed E-state index contributed by atoms with van der Waals surface area (Å²) in [5.41, 5.74) is 5.10. The highest BCUT2D eigenvalue weighted by Crippen LogP contribution is 2.46. The standard InChI is InChI=1S/C14H24F2N2O4S.C4H6N2/c1-13(15,16)10-11(12(19)20)17-23(21,22)18-8-6-14(7-9-18)4-2-3-5-14;5-3-4(6)1-2-4/h11,17H,2-10H2,1H3,(H,19,20);1-2,6H2/t11-;/m0./s1. The van der Waals surface area contributed by atoms with Crippen molar-refractivity contribution >= 4 is 16.2 Å². The van der Waals surface area contributed by atoms with E-state index < -0.39 is 40.1 Å². The van der Waals surface area contributed by atoms with Crippen LogP contribution in [0.2, 0.25) is 0 Å². The maximum atomic E-state index is 13.0. The summed E-state index contributed by atoms with van der Waals surface area (Å²) in [6.45, 7) is 1.19. The van der Waals surface area contributed by atoms with Crippen molar-refractivity contribution in [1.82, 2.24) is 9.03 Å². The predicted molar refractivity (Wildman–Crippen MR) is 102 cm³/mol. The number of alkyl halides is 2. The number of hydrogen-bond donors (Lipinski definition) is 3. The van der Waals surface area contributed by atoms with Crippen LogP contribution in [0.25, 0.3) is 0 Å². The number of nitrogens with one attached hydrogen (secondary N) is 1. The number of aliphatic carboxylic acids is 1. The largest absolute Gasteiger partial charge is 0.480 e. The van der Waals surface area contributed by atoms with Gasteiger partial charge in [-0.2, -0.15) is 22.7 Å². The number of nitrogens with zero attached hydrogens (tertiary/aromatic N) is 2. The van der Waals surface area contributed by atoms with Crippen molar-refractivity contribution in [3.8, 4) is 6.07 Å². The molecule has 11 heteroatoms. The number of carboxylic acid groups (broad SMARTS) is 1. The fourth-order valence-corrected chi connectivity index (χ4v) is 5.22. The van der Waals surface area contributed by atoms with Crippen LogP contribution in [0.1, 0.15) is 64.7 Å². The van der Waals surface area contributed by atoms with Crippen LogP contribution in [0.5, 0.6) is 0 Å². The Bertz CT molecular complexity index is 728. The smallest absolute Gasteiger partial charge is 0.322 e. The summed E-state index contributed by atoms with van der Waals surface area (Å²) in [6, 6.07) is 0.162. The average Bonchev–Trinajstić information content (AvgIpc) is 3.20. The molecule has 4 N–H and O–H groups in total. The summed E-state index contributed by atoms with van der Waals surface area (Å²) in [5.74, 6) is -4.86. The molecule has 1 aliphatic heterocycles. The molecule has 3 fully saturated rings. The molecule has 0 amide bonds. The third-order valence-electron chi connectivity index (χ3n) is 5.95. The first-order valence-electron chi connectivity index (χ1n) is 9.88. The molecule has 29 heavy (non-hydrogen) atoms. The van der Waals surface area contributed by atoms with E-state index in [0.29, 0.717) is 20.0 Å². The summed E-state index contributed by atoms with van der Waals surface area (Å²) < 4.78 is 53.8. The van der Waals surface area contributed by atoms with Crippen LogP contribution in [0.3, 0.4) is 0 Å². The van der Waals surface area contributed by atoms with Crippen LogP contribution in [0.15, 0.2) is 0 Å². The van der Waals surface area contributed by atoms with Gasteiger partial charge in [-0.25, -0.2) is 8.78 Å². The SMILES string of the molecule is CC(F)(F)C[C@H](NS(=O)(=O)N1CCC2(CCCC2)CC1)C(=O)O.N#CC1(N)CC1. The van der Waals surface area contributed by atoms with Crippen LogP contribution in [0, 0.1) is 16.7 Å². The zero-order valence-electron chi connectivity index (χ0n) is 16.7. The molecular formula is C18H30F2N4O4S. The molecule has 166 valence electrons. The molecule has 2 aliphatic carbocycles. The molecule has 1 saturated heterocycles. The van der Waals surface area contributed by atoms with E-state index in [9.17, 15) is 22.0 Å². The lowest BCUT2D eigenvalue weighted by molar-refractivity contribution is -0.141. The molecule has 0 aromatic heterocycles. The Morgan fingerprint density at radius 2 is 1.76 bits per heavy atom. The van der Waals surface area contributed by atoms with Crippen molar-refractivity contribution < 1.29 is 27.1 Å². The van der Waals surface area contributed by atoms with Crippen LogP contribution < -0.4 is 10.5 Å². The lowest BCUT2D eigenvalue weighted by Crippen LogP contribution is -2.52. The summed E-state index contributed by atoms with van der Waals surface area (Å²) in [6.07, 6.45) is 6.75. The number of nitrogens with two attached hydrogens (primary N) is 1. The van der Waals surface area contributed by atoms with Gasteiger partial charge in [0, 0.05) is 19.5 Å². The number of hydrogen-bond acceptors (Lipinski definition) is 5. The van der Waals surface area contributed by atoms with Gasteiger partial charge in [-0.3, -0.25) is 4.79 Å². The Balaban J connectivity index is 0.000000426. The number of carboxylic acids is 1. The van der Waals surface area contributed by atoms with E-state index in [1.165, 1.54) is 4.31 Å². The molecule has 1 atom stereocenters. The zero-order valence-corrected chi connectivity index (χ0v) is 17.5. The second-order valence-electron chi connectivity index (χ2n) is 8.66. The molecule has 0 aromatic rings. The van der Waals surface area contributed by atoms with Crippen molar-refractivity contribution in [3.05, 3.63) is 0 Å². The minimum Gasteiger partial charge on any atom is -0.480 e. The highest BCUT2D eigenvalue weighted by atomic mass is 32.2. The van der Waals surface area contributed by atoms with Crippen molar-refractivity contribution in [2.75, 3.05) is 13.1 Å². The van der Waals surface area contributed by atoms with E-state index in [0.717, 1.165) is 51.4 Å². The molecule has 3 rings (SSSR count). The number of carbonyl (C=O) groups is 1. The van der Waals surface area contributed by atoms with Gasteiger partial charge in [0.1, 0.15) is 11.6 Å². The molecule has 3 aliphatic rings. The first kappa shape index (κ1) is 23.9. The second kappa shape index (κ2) is 8.79. The summed E-state index contributed by atoms with van der Waals surface area (Å²) in [4.78, 5) is 11.1. The Kier molecular flexibility index (Phi) is 7.26. The van der Waals surface area contributed by atoms with Gasteiger partial charge < -0.3 is 10.8 Å². The van der Waals surface area contributed by atoms with Gasteiger partial charge in [0.2, 0.25) is 5.92 Å². The zero-order chi connectivity index (χ0) is 21.9. The lowest BCUT2D eigenvalue weighted by atomic mass is 9.78. The van der Waals surface area contributed by atoms with Crippen molar-refractivity contribution in [3.63, 3.8) is 0 Å². The molecule has 0 unspecified atom stereocenters. The molecule has 8 nitrogen and oxygen atoms in total. The van der Waals surface area contributed by atoms with E-state index in [4.69, 9.17) is 16.1 Å². The fraction of sp³-hybridized carbons (Fsp3) is 0.889. The van der Waals surface area contributed by atoms with E-state index in [-0.39, 0.29) is 5.41 Å². The maximum absolute atomic E-state index is 13.0. The van der Waals surface area contributed by atoms with Crippen LogP contribution in [0.4, 0.5) is 8.78 Å². The van der Waals surface area contributed by atoms with Crippen LogP contribution in [-0.2, 0) is 15.0 Å². The van der Waals surface area contributed by atoms with E-state index in [2.05, 4.69) is 0 Å². The minimum absolute atomic E-state index is 0.217. The van der Waals surface area contributed by atoms with Gasteiger partial charge >= 0.3 is 5.97 Å². The molecule has 2 saturated carbocycles. The molecule has 1 spiro atoms. The second-order valence-corrected chi connectivity index (χ2v) is 10.4. The van der Waals surface area contributed by atoms with Gasteiger partial charge in [0.05, 0.1) is 6.07 Å². The average molecular weight is 437 g/mol. The van der Waals surface area contributed by atoms with Gasteiger partial charge in [-0.15, -0.1) is 0 Å². The predicted octanol–water partition coefficient (Wildman–Crippen LogP) is 1.98. The third-order valence-corrected chi connectivity index (χ3v) is 7.58. The number of halogens is 2. The molecular weight excluding hydrogens is 406 g/mol. The van der Waals surface area contributed by atoms with E-state index >= 15 is 0 Å². The Morgan fingerprint density at radius 1 is 1.24 bits per heavy atom. The molecule has 0 aromatic carbocycles. The van der Waals surface area contributed by atoms with Crippen molar-refractivity contribution in [2.45, 2.75) is 82.2 Å². The summed E-state index contributed by atoms with van der Waals surface area (Å²) in [7, 11) is -4.08. The Morgan fingerprint density at radius 3 is 2.10 bits per heavy atom. The topological polar surface area (TPSA) is 137 Å². The van der Waals surface area contributed by atoms with Crippen LogP contribution >= 0.6 is 0 Å². The Labute approximate surface area is 170 Å². The summed E-state index contributed by atoms with van der Waals surface area (Å²) in [5, 5.41) is 17.1. The van der Waals surface area contributed by atoms with Gasteiger partial charge in [-0.1, -0.05) is 12.8 Å². The molecule has 1 heterocycles. The first-order chi connectivity index (χ1) is 13.3. The van der Waals surface area contributed by atoms with Crippen molar-refractivity contribution in [2.24, 2.45) is 11.1 Å². The summed E-state index contributed by atoms with van der Waals surface area (Å²) >= 11 is 0. The Hall–Kier alpha value is -1.35. The number of rotatable bonds is 6. The fourth-order valence-electron chi connectivity index (χ4n) is 3.86. The highest BCUT2D eigenvalue weighted by Gasteiger charge is 2.41. The van der Waals surface area contributed by atoms with E-state index in [1.54, 1.807) is 0 Å². The van der Waals surface area contributed by atoms with Gasteiger partial charge in [-0.05, 0) is 50.9 Å². The highest BCUT2D eigenvalue weighted by molar-refractivity contribution is 7.87. The van der Waals surface area contributed by atoms with Gasteiger partial charge in [0.25, 0.3) is 10.2 Å². The minimum atomic E-state index is -4.08.